The van der Waals surface area contributed by atoms with Gasteiger partial charge in [-0.3, -0.25) is 0 Å². The van der Waals surface area contributed by atoms with Crippen LogP contribution >= 0.6 is 11.8 Å². The molecule has 2 unspecified atom stereocenters. The van der Waals surface area contributed by atoms with Crippen molar-refractivity contribution in [2.24, 2.45) is 5.92 Å². The van der Waals surface area contributed by atoms with E-state index in [2.05, 4.69) is 32.3 Å². The molecule has 0 saturated carbocycles. The first-order valence-electron chi connectivity index (χ1n) is 4.25. The Morgan fingerprint density at radius 1 is 1.58 bits per heavy atom. The third-order valence-electron chi connectivity index (χ3n) is 1.98. The summed E-state index contributed by atoms with van der Waals surface area (Å²) in [6, 6.07) is 0.558. The summed E-state index contributed by atoms with van der Waals surface area (Å²) >= 11 is 1.63. The summed E-state index contributed by atoms with van der Waals surface area (Å²) < 4.78 is 0. The largest absolute Gasteiger partial charge is 0.317 e. The molecule has 0 aliphatic carbocycles. The van der Waals surface area contributed by atoms with Gasteiger partial charge in [-0.25, -0.2) is 0 Å². The second-order valence-electron chi connectivity index (χ2n) is 3.08. The van der Waals surface area contributed by atoms with Crippen molar-refractivity contribution in [1.29, 1.82) is 0 Å². The van der Waals surface area contributed by atoms with Gasteiger partial charge < -0.3 is 5.32 Å². The monoisotopic (exact) mass is 185 g/mol. The van der Waals surface area contributed by atoms with E-state index in [0.717, 1.165) is 6.42 Å². The molecule has 0 saturated heterocycles. The molecule has 70 valence electrons. The van der Waals surface area contributed by atoms with Gasteiger partial charge in [-0.2, -0.15) is 0 Å². The predicted molar refractivity (Wildman–Crippen MR) is 59.2 cm³/mol. The first-order valence-corrected chi connectivity index (χ1v) is 5.13. The lowest BCUT2D eigenvalue weighted by Crippen LogP contribution is -2.23. The number of thioether (sulfide) groups is 1. The van der Waals surface area contributed by atoms with Crippen LogP contribution in [0.1, 0.15) is 20.3 Å². The van der Waals surface area contributed by atoms with Gasteiger partial charge in [0.2, 0.25) is 0 Å². The molecule has 0 amide bonds. The minimum Gasteiger partial charge on any atom is -0.317 e. The van der Waals surface area contributed by atoms with Crippen LogP contribution in [0.5, 0.6) is 0 Å². The van der Waals surface area contributed by atoms with Gasteiger partial charge in [0, 0.05) is 6.04 Å². The highest BCUT2D eigenvalue weighted by Gasteiger charge is 2.09. The molecule has 0 aliphatic heterocycles. The smallest absolute Gasteiger partial charge is 0.00416 e. The van der Waals surface area contributed by atoms with Gasteiger partial charge in [-0.1, -0.05) is 20.1 Å². The first kappa shape index (κ1) is 11.8. The van der Waals surface area contributed by atoms with Crippen LogP contribution in [-0.2, 0) is 0 Å². The van der Waals surface area contributed by atoms with E-state index in [1.54, 1.807) is 11.8 Å². The standard InChI is InChI=1S/C10H19NS/c1-6-12-10(4)8(2)7-9(3)11-5/h6,8-9,11H,1,4,7H2,2-3,5H3. The van der Waals surface area contributed by atoms with E-state index in [-0.39, 0.29) is 0 Å². The van der Waals surface area contributed by atoms with Crippen LogP contribution < -0.4 is 5.32 Å². The Labute approximate surface area is 80.3 Å². The van der Waals surface area contributed by atoms with Crippen LogP contribution in [0.25, 0.3) is 0 Å². The van der Waals surface area contributed by atoms with E-state index in [9.17, 15) is 0 Å². The summed E-state index contributed by atoms with van der Waals surface area (Å²) in [7, 11) is 1.99. The molecular weight excluding hydrogens is 166 g/mol. The van der Waals surface area contributed by atoms with Crippen LogP contribution in [0.3, 0.4) is 0 Å². The maximum Gasteiger partial charge on any atom is 0.00416 e. The van der Waals surface area contributed by atoms with E-state index >= 15 is 0 Å². The number of rotatable bonds is 6. The van der Waals surface area contributed by atoms with E-state index in [1.165, 1.54) is 4.91 Å². The molecule has 0 bridgehead atoms. The molecule has 0 radical (unpaired) electrons. The van der Waals surface area contributed by atoms with Crippen LogP contribution in [0.2, 0.25) is 0 Å². The molecule has 0 fully saturated rings. The van der Waals surface area contributed by atoms with E-state index < -0.39 is 0 Å². The maximum atomic E-state index is 4.00. The first-order chi connectivity index (χ1) is 5.61. The zero-order valence-electron chi connectivity index (χ0n) is 8.26. The molecule has 0 aliphatic rings. The normalized spacial score (nSPS) is 15.2. The molecule has 1 nitrogen and oxygen atoms in total. The van der Waals surface area contributed by atoms with Crippen molar-refractivity contribution in [3.63, 3.8) is 0 Å². The summed E-state index contributed by atoms with van der Waals surface area (Å²) in [5.41, 5.74) is 0. The fourth-order valence-electron chi connectivity index (χ4n) is 1.00. The van der Waals surface area contributed by atoms with Crippen LogP contribution in [0.15, 0.2) is 23.5 Å². The zero-order chi connectivity index (χ0) is 9.56. The minimum absolute atomic E-state index is 0.551. The van der Waals surface area contributed by atoms with E-state index in [4.69, 9.17) is 0 Å². The van der Waals surface area contributed by atoms with Crippen molar-refractivity contribution >= 4 is 11.8 Å². The summed E-state index contributed by atoms with van der Waals surface area (Å²) in [6.07, 6.45) is 1.14. The van der Waals surface area contributed by atoms with Crippen molar-refractivity contribution < 1.29 is 0 Å². The second kappa shape index (κ2) is 6.32. The third kappa shape index (κ3) is 4.62. The molecular formula is C10H19NS. The summed E-state index contributed by atoms with van der Waals surface area (Å²) in [6.45, 7) is 12.0. The summed E-state index contributed by atoms with van der Waals surface area (Å²) in [4.78, 5) is 1.20. The Kier molecular flexibility index (Phi) is 6.21. The number of nitrogens with one attached hydrogen (secondary N) is 1. The number of allylic oxidation sites excluding steroid dienone is 1. The zero-order valence-corrected chi connectivity index (χ0v) is 9.08. The topological polar surface area (TPSA) is 12.0 Å². The van der Waals surface area contributed by atoms with Gasteiger partial charge >= 0.3 is 0 Å². The number of hydrogen-bond donors (Lipinski definition) is 1. The summed E-state index contributed by atoms with van der Waals surface area (Å²) in [5, 5.41) is 5.05. The van der Waals surface area contributed by atoms with Gasteiger partial charge in [-0.15, -0.1) is 11.8 Å². The van der Waals surface area contributed by atoms with Crippen molar-refractivity contribution in [2.75, 3.05) is 7.05 Å². The lowest BCUT2D eigenvalue weighted by molar-refractivity contribution is 0.495. The van der Waals surface area contributed by atoms with E-state index in [1.807, 2.05) is 12.5 Å². The molecule has 0 aromatic heterocycles. The molecule has 2 atom stereocenters. The lowest BCUT2D eigenvalue weighted by Gasteiger charge is -2.17. The lowest BCUT2D eigenvalue weighted by atomic mass is 10.0. The molecule has 0 spiro atoms. The van der Waals surface area contributed by atoms with Crippen LogP contribution in [-0.4, -0.2) is 13.1 Å². The average Bonchev–Trinajstić information content (AvgIpc) is 2.04. The van der Waals surface area contributed by atoms with Crippen LogP contribution in [0.4, 0.5) is 0 Å². The Morgan fingerprint density at radius 3 is 2.58 bits per heavy atom. The Balaban J connectivity index is 3.77. The van der Waals surface area contributed by atoms with Gasteiger partial charge in [0.05, 0.1) is 0 Å². The molecule has 0 heterocycles. The van der Waals surface area contributed by atoms with Crippen molar-refractivity contribution in [1.82, 2.24) is 5.32 Å². The fraction of sp³-hybridized carbons (Fsp3) is 0.600. The van der Waals surface area contributed by atoms with Gasteiger partial charge in [0.25, 0.3) is 0 Å². The predicted octanol–water partition coefficient (Wildman–Crippen LogP) is 3.01. The quantitative estimate of drug-likeness (QED) is 0.682. The highest BCUT2D eigenvalue weighted by Crippen LogP contribution is 2.25. The molecule has 0 rings (SSSR count). The van der Waals surface area contributed by atoms with Crippen molar-refractivity contribution in [2.45, 2.75) is 26.3 Å². The van der Waals surface area contributed by atoms with Crippen molar-refractivity contribution in [3.05, 3.63) is 23.5 Å². The Morgan fingerprint density at radius 2 is 2.17 bits per heavy atom. The second-order valence-corrected chi connectivity index (χ2v) is 4.17. The highest BCUT2D eigenvalue weighted by atomic mass is 32.2. The molecule has 12 heavy (non-hydrogen) atoms. The molecule has 0 aromatic rings. The Bertz CT molecular complexity index is 154. The number of hydrogen-bond acceptors (Lipinski definition) is 2. The fourth-order valence-corrected chi connectivity index (χ4v) is 1.55. The van der Waals surface area contributed by atoms with E-state index in [0.29, 0.717) is 12.0 Å². The van der Waals surface area contributed by atoms with Gasteiger partial charge in [-0.05, 0) is 36.6 Å². The van der Waals surface area contributed by atoms with Crippen LogP contribution in [0, 0.1) is 5.92 Å². The van der Waals surface area contributed by atoms with Gasteiger partial charge in [0.15, 0.2) is 0 Å². The SMILES string of the molecule is C=CSC(=C)C(C)CC(C)NC. The molecule has 2 heteroatoms. The third-order valence-corrected chi connectivity index (χ3v) is 2.86. The highest BCUT2D eigenvalue weighted by molar-refractivity contribution is 8.05. The maximum absolute atomic E-state index is 4.00. The van der Waals surface area contributed by atoms with Gasteiger partial charge in [0.1, 0.15) is 0 Å². The Hall–Kier alpha value is -0.210. The minimum atomic E-state index is 0.551. The molecule has 1 N–H and O–H groups in total. The summed E-state index contributed by atoms with van der Waals surface area (Å²) in [5.74, 6) is 0.551. The van der Waals surface area contributed by atoms with Crippen molar-refractivity contribution in [3.8, 4) is 0 Å². The molecule has 0 aromatic carbocycles. The average molecular weight is 185 g/mol.